The van der Waals surface area contributed by atoms with Crippen molar-refractivity contribution in [1.82, 2.24) is 10.2 Å². The lowest BCUT2D eigenvalue weighted by atomic mass is 10.3. The summed E-state index contributed by atoms with van der Waals surface area (Å²) < 4.78 is 17.5. The number of aryl methyl sites for hydroxylation is 2. The van der Waals surface area contributed by atoms with Crippen LogP contribution in [0.25, 0.3) is 0 Å². The first kappa shape index (κ1) is 17.7. The van der Waals surface area contributed by atoms with Gasteiger partial charge in [-0.3, -0.25) is 0 Å². The van der Waals surface area contributed by atoms with Crippen molar-refractivity contribution in [2.75, 3.05) is 19.8 Å². The molecule has 0 aromatic carbocycles. The zero-order valence-corrected chi connectivity index (χ0v) is 14.8. The zero-order valence-electron chi connectivity index (χ0n) is 13.0. The van der Waals surface area contributed by atoms with E-state index in [1.54, 1.807) is 11.3 Å². The molecule has 1 aromatic rings. The van der Waals surface area contributed by atoms with Gasteiger partial charge in [-0.1, -0.05) is 0 Å². The molecule has 0 amide bonds. The van der Waals surface area contributed by atoms with E-state index in [9.17, 15) is 0 Å². The molecule has 5 nitrogen and oxygen atoms in total. The van der Waals surface area contributed by atoms with Crippen LogP contribution < -0.4 is 0 Å². The van der Waals surface area contributed by atoms with E-state index >= 15 is 0 Å². The first-order chi connectivity index (χ1) is 9.65. The molecule has 1 aromatic heterocycles. The molecule has 0 saturated heterocycles. The van der Waals surface area contributed by atoms with Gasteiger partial charge < -0.3 is 13.3 Å². The molecule has 7 heteroatoms. The lowest BCUT2D eigenvalue weighted by Gasteiger charge is -2.28. The first-order valence-corrected chi connectivity index (χ1v) is 10.1. The topological polar surface area (TPSA) is 53.5 Å². The number of unbranched alkanes of at least 4 members (excludes halogenated alkanes) is 1. The highest BCUT2D eigenvalue weighted by atomic mass is 32.1. The van der Waals surface area contributed by atoms with E-state index < -0.39 is 8.80 Å². The maximum Gasteiger partial charge on any atom is 0.500 e. The highest BCUT2D eigenvalue weighted by molar-refractivity contribution is 7.11. The Kier molecular flexibility index (Phi) is 8.47. The minimum absolute atomic E-state index is 0.641. The Balaban J connectivity index is 2.40. The molecule has 0 N–H and O–H groups in total. The van der Waals surface area contributed by atoms with E-state index in [-0.39, 0.29) is 0 Å². The third-order valence-corrected chi connectivity index (χ3v) is 6.83. The molecule has 0 atom stereocenters. The van der Waals surface area contributed by atoms with Gasteiger partial charge in [0.2, 0.25) is 0 Å². The van der Waals surface area contributed by atoms with Crippen LogP contribution in [0.2, 0.25) is 6.04 Å². The SMILES string of the molecule is CCO[Si](CCCCc1nnc(C)s1)(OCC)OCC. The lowest BCUT2D eigenvalue weighted by molar-refractivity contribution is 0.0707. The van der Waals surface area contributed by atoms with Gasteiger partial charge in [0.15, 0.2) is 0 Å². The number of nitrogens with zero attached hydrogens (tertiary/aromatic N) is 2. The normalized spacial score (nSPS) is 12.0. The fourth-order valence-electron chi connectivity index (χ4n) is 2.06. The van der Waals surface area contributed by atoms with E-state index in [0.717, 1.165) is 35.3 Å². The average Bonchev–Trinajstić information content (AvgIpc) is 2.82. The summed E-state index contributed by atoms with van der Waals surface area (Å²) in [6.45, 7) is 9.88. The molecule has 1 rings (SSSR count). The Morgan fingerprint density at radius 1 is 0.950 bits per heavy atom. The van der Waals surface area contributed by atoms with Crippen LogP contribution >= 0.6 is 11.3 Å². The van der Waals surface area contributed by atoms with Gasteiger partial charge in [-0.25, -0.2) is 0 Å². The summed E-state index contributed by atoms with van der Waals surface area (Å²) in [6, 6.07) is 0.875. The standard InChI is InChI=1S/C13H26N2O3SSi/c1-5-16-20(17-6-2,18-7-3)11-9-8-10-13-15-14-12(4)19-13/h5-11H2,1-4H3. The molecular formula is C13H26N2O3SSi. The van der Waals surface area contributed by atoms with Crippen molar-refractivity contribution in [3.05, 3.63) is 10.0 Å². The van der Waals surface area contributed by atoms with Gasteiger partial charge in [0.05, 0.1) is 0 Å². The van der Waals surface area contributed by atoms with Gasteiger partial charge in [-0.05, 0) is 40.5 Å². The molecule has 0 bridgehead atoms. The molecule has 0 aliphatic carbocycles. The van der Waals surface area contributed by atoms with Crippen molar-refractivity contribution >= 4 is 20.1 Å². The van der Waals surface area contributed by atoms with E-state index in [4.69, 9.17) is 13.3 Å². The Labute approximate surface area is 127 Å². The second kappa shape index (κ2) is 9.57. The highest BCUT2D eigenvalue weighted by Crippen LogP contribution is 2.20. The molecule has 20 heavy (non-hydrogen) atoms. The smallest absolute Gasteiger partial charge is 0.374 e. The monoisotopic (exact) mass is 318 g/mol. The molecule has 0 spiro atoms. The highest BCUT2D eigenvalue weighted by Gasteiger charge is 2.39. The number of rotatable bonds is 11. The van der Waals surface area contributed by atoms with Gasteiger partial charge in [-0.2, -0.15) is 0 Å². The summed E-state index contributed by atoms with van der Waals surface area (Å²) in [6.07, 6.45) is 3.07. The third kappa shape index (κ3) is 5.97. The maximum atomic E-state index is 5.84. The molecule has 0 fully saturated rings. The zero-order chi connectivity index (χ0) is 14.8. The summed E-state index contributed by atoms with van der Waals surface area (Å²) in [5.41, 5.74) is 0. The predicted molar refractivity (Wildman–Crippen MR) is 83.0 cm³/mol. The van der Waals surface area contributed by atoms with Crippen molar-refractivity contribution in [3.63, 3.8) is 0 Å². The third-order valence-electron chi connectivity index (χ3n) is 2.78. The van der Waals surface area contributed by atoms with Crippen LogP contribution in [0.4, 0.5) is 0 Å². The summed E-state index contributed by atoms with van der Waals surface area (Å²) in [5, 5.41) is 10.3. The molecule has 1 heterocycles. The maximum absolute atomic E-state index is 5.84. The van der Waals surface area contributed by atoms with Crippen LogP contribution in [0.1, 0.15) is 43.6 Å². The van der Waals surface area contributed by atoms with E-state index in [1.165, 1.54) is 0 Å². The summed E-state index contributed by atoms with van der Waals surface area (Å²) in [5.74, 6) is 0. The molecule has 116 valence electrons. The Morgan fingerprint density at radius 2 is 1.55 bits per heavy atom. The van der Waals surface area contributed by atoms with Crippen molar-refractivity contribution in [2.45, 2.75) is 53.0 Å². The van der Waals surface area contributed by atoms with Crippen molar-refractivity contribution in [3.8, 4) is 0 Å². The lowest BCUT2D eigenvalue weighted by Crippen LogP contribution is -2.45. The van der Waals surface area contributed by atoms with Crippen molar-refractivity contribution in [2.24, 2.45) is 0 Å². The van der Waals surface area contributed by atoms with Gasteiger partial charge in [-0.15, -0.1) is 21.5 Å². The van der Waals surface area contributed by atoms with Crippen LogP contribution in [0.3, 0.4) is 0 Å². The minimum atomic E-state index is -2.46. The van der Waals surface area contributed by atoms with Crippen LogP contribution in [0, 0.1) is 6.92 Å². The van der Waals surface area contributed by atoms with E-state index in [2.05, 4.69) is 10.2 Å². The van der Waals surface area contributed by atoms with Gasteiger partial charge in [0.1, 0.15) is 10.0 Å². The fourth-order valence-corrected chi connectivity index (χ4v) is 5.49. The van der Waals surface area contributed by atoms with E-state index in [0.29, 0.717) is 19.8 Å². The van der Waals surface area contributed by atoms with Crippen molar-refractivity contribution < 1.29 is 13.3 Å². The second-order valence-corrected chi connectivity index (χ2v) is 8.40. The number of hydrogen-bond acceptors (Lipinski definition) is 6. The summed E-state index contributed by atoms with van der Waals surface area (Å²) in [4.78, 5) is 0. The summed E-state index contributed by atoms with van der Waals surface area (Å²) in [7, 11) is -2.46. The van der Waals surface area contributed by atoms with Crippen LogP contribution in [0.15, 0.2) is 0 Å². The Hall–Kier alpha value is -0.343. The fraction of sp³-hybridized carbons (Fsp3) is 0.846. The molecule has 0 unspecified atom stereocenters. The van der Waals surface area contributed by atoms with Crippen LogP contribution in [-0.4, -0.2) is 38.8 Å². The number of aromatic nitrogens is 2. The Morgan fingerprint density at radius 3 is 2.00 bits per heavy atom. The molecule has 0 aliphatic rings. The first-order valence-electron chi connectivity index (χ1n) is 7.36. The van der Waals surface area contributed by atoms with Gasteiger partial charge in [0.25, 0.3) is 0 Å². The summed E-state index contributed by atoms with van der Waals surface area (Å²) >= 11 is 1.67. The van der Waals surface area contributed by atoms with E-state index in [1.807, 2.05) is 27.7 Å². The number of hydrogen-bond donors (Lipinski definition) is 0. The van der Waals surface area contributed by atoms with Crippen LogP contribution in [0.5, 0.6) is 0 Å². The van der Waals surface area contributed by atoms with Crippen LogP contribution in [-0.2, 0) is 19.7 Å². The largest absolute Gasteiger partial charge is 0.500 e. The quantitative estimate of drug-likeness (QED) is 0.463. The van der Waals surface area contributed by atoms with Gasteiger partial charge in [0, 0.05) is 32.3 Å². The molecule has 0 saturated carbocycles. The molecule has 0 aliphatic heterocycles. The Bertz CT molecular complexity index is 359. The van der Waals surface area contributed by atoms with Crippen molar-refractivity contribution in [1.29, 1.82) is 0 Å². The predicted octanol–water partition coefficient (Wildman–Crippen LogP) is 3.22. The second-order valence-electron chi connectivity index (χ2n) is 4.40. The van der Waals surface area contributed by atoms with Gasteiger partial charge >= 0.3 is 8.80 Å². The minimum Gasteiger partial charge on any atom is -0.374 e. The molecule has 0 radical (unpaired) electrons. The average molecular weight is 319 g/mol. The molecular weight excluding hydrogens is 292 g/mol.